The van der Waals surface area contributed by atoms with Gasteiger partial charge in [-0.15, -0.1) is 0 Å². The van der Waals surface area contributed by atoms with Gasteiger partial charge in [0.1, 0.15) is 11.1 Å². The van der Waals surface area contributed by atoms with E-state index in [0.29, 0.717) is 34.0 Å². The SMILES string of the molecule is COC(=O)c1cccc2nc(NCC3CC34CCOC4)oc12. The Labute approximate surface area is 127 Å². The number of nitrogens with zero attached hydrogens (tertiary/aromatic N) is 1. The number of benzene rings is 1. The highest BCUT2D eigenvalue weighted by Crippen LogP contribution is 2.57. The summed E-state index contributed by atoms with van der Waals surface area (Å²) in [5, 5.41) is 3.25. The average molecular weight is 302 g/mol. The van der Waals surface area contributed by atoms with Gasteiger partial charge >= 0.3 is 5.97 Å². The van der Waals surface area contributed by atoms with Gasteiger partial charge in [0.2, 0.25) is 0 Å². The molecule has 22 heavy (non-hydrogen) atoms. The van der Waals surface area contributed by atoms with Crippen LogP contribution in [0.4, 0.5) is 6.01 Å². The topological polar surface area (TPSA) is 73.6 Å². The van der Waals surface area contributed by atoms with Crippen LogP contribution in [-0.2, 0) is 9.47 Å². The maximum Gasteiger partial charge on any atom is 0.341 e. The highest BCUT2D eigenvalue weighted by molar-refractivity contribution is 6.01. The van der Waals surface area contributed by atoms with Crippen LogP contribution < -0.4 is 5.32 Å². The highest BCUT2D eigenvalue weighted by atomic mass is 16.5. The first-order valence-corrected chi connectivity index (χ1v) is 7.51. The number of fused-ring (bicyclic) bond motifs is 1. The monoisotopic (exact) mass is 302 g/mol. The molecular formula is C16H18N2O4. The first-order chi connectivity index (χ1) is 10.7. The molecule has 1 aromatic heterocycles. The molecule has 0 bridgehead atoms. The van der Waals surface area contributed by atoms with Crippen LogP contribution in [0.5, 0.6) is 0 Å². The minimum absolute atomic E-state index is 0.385. The Hall–Kier alpha value is -2.08. The minimum atomic E-state index is -0.419. The lowest BCUT2D eigenvalue weighted by atomic mass is 10.0. The molecule has 1 saturated carbocycles. The summed E-state index contributed by atoms with van der Waals surface area (Å²) >= 11 is 0. The summed E-state index contributed by atoms with van der Waals surface area (Å²) in [7, 11) is 1.35. The first-order valence-electron chi connectivity index (χ1n) is 7.51. The molecule has 2 heterocycles. The summed E-state index contributed by atoms with van der Waals surface area (Å²) < 4.78 is 16.0. The minimum Gasteiger partial charge on any atom is -0.465 e. The zero-order valence-electron chi connectivity index (χ0n) is 12.4. The van der Waals surface area contributed by atoms with E-state index in [-0.39, 0.29) is 0 Å². The van der Waals surface area contributed by atoms with E-state index >= 15 is 0 Å². The number of carbonyl (C=O) groups is 1. The maximum absolute atomic E-state index is 11.7. The fraction of sp³-hybridized carbons (Fsp3) is 0.500. The van der Waals surface area contributed by atoms with E-state index in [1.165, 1.54) is 13.5 Å². The van der Waals surface area contributed by atoms with Crippen molar-refractivity contribution in [1.82, 2.24) is 4.98 Å². The number of para-hydroxylation sites is 1. The van der Waals surface area contributed by atoms with E-state index in [9.17, 15) is 4.79 Å². The second-order valence-corrected chi connectivity index (χ2v) is 6.11. The molecule has 2 fully saturated rings. The van der Waals surface area contributed by atoms with E-state index < -0.39 is 5.97 Å². The molecule has 1 aliphatic carbocycles. The van der Waals surface area contributed by atoms with Gasteiger partial charge in [0.25, 0.3) is 6.01 Å². The molecule has 6 heteroatoms. The largest absolute Gasteiger partial charge is 0.465 e. The van der Waals surface area contributed by atoms with Crippen LogP contribution >= 0.6 is 0 Å². The quantitative estimate of drug-likeness (QED) is 0.875. The molecule has 2 aliphatic rings. The normalized spacial score (nSPS) is 26.5. The predicted molar refractivity (Wildman–Crippen MR) is 79.8 cm³/mol. The summed E-state index contributed by atoms with van der Waals surface area (Å²) in [5.41, 5.74) is 1.90. The summed E-state index contributed by atoms with van der Waals surface area (Å²) in [6, 6.07) is 5.72. The summed E-state index contributed by atoms with van der Waals surface area (Å²) in [6.45, 7) is 2.57. The second kappa shape index (κ2) is 4.98. The summed E-state index contributed by atoms with van der Waals surface area (Å²) in [6.07, 6.45) is 2.35. The van der Waals surface area contributed by atoms with E-state index in [4.69, 9.17) is 13.9 Å². The Morgan fingerprint density at radius 1 is 1.55 bits per heavy atom. The predicted octanol–water partition coefficient (Wildman–Crippen LogP) is 2.45. The zero-order chi connectivity index (χ0) is 15.2. The van der Waals surface area contributed by atoms with Crippen LogP contribution in [0.1, 0.15) is 23.2 Å². The third kappa shape index (κ3) is 2.14. The van der Waals surface area contributed by atoms with Crippen LogP contribution in [-0.4, -0.2) is 37.8 Å². The molecule has 4 rings (SSSR count). The summed E-state index contributed by atoms with van der Waals surface area (Å²) in [4.78, 5) is 16.1. The second-order valence-electron chi connectivity index (χ2n) is 6.11. The van der Waals surface area contributed by atoms with Crippen molar-refractivity contribution in [1.29, 1.82) is 0 Å². The van der Waals surface area contributed by atoms with Gasteiger partial charge in [-0.1, -0.05) is 6.07 Å². The van der Waals surface area contributed by atoms with Crippen molar-refractivity contribution >= 4 is 23.1 Å². The highest BCUT2D eigenvalue weighted by Gasteiger charge is 2.55. The molecule has 116 valence electrons. The van der Waals surface area contributed by atoms with Crippen molar-refractivity contribution in [3.8, 4) is 0 Å². The molecular weight excluding hydrogens is 284 g/mol. The van der Waals surface area contributed by atoms with Crippen LogP contribution in [0, 0.1) is 11.3 Å². The van der Waals surface area contributed by atoms with Crippen LogP contribution in [0.15, 0.2) is 22.6 Å². The lowest BCUT2D eigenvalue weighted by Gasteiger charge is -2.06. The fourth-order valence-corrected chi connectivity index (χ4v) is 3.33. The molecule has 2 atom stereocenters. The molecule has 1 spiro atoms. The maximum atomic E-state index is 11.7. The van der Waals surface area contributed by atoms with Gasteiger partial charge in [0, 0.05) is 18.6 Å². The van der Waals surface area contributed by atoms with E-state index in [1.807, 2.05) is 6.07 Å². The number of esters is 1. The van der Waals surface area contributed by atoms with Crippen molar-refractivity contribution in [2.45, 2.75) is 12.8 Å². The number of ether oxygens (including phenoxy) is 2. The Morgan fingerprint density at radius 3 is 3.23 bits per heavy atom. The van der Waals surface area contributed by atoms with Crippen molar-refractivity contribution < 1.29 is 18.7 Å². The number of anilines is 1. The standard InChI is InChI=1S/C16H18N2O4/c1-20-14(19)11-3-2-4-12-13(11)22-15(18-12)17-8-10-7-16(10)5-6-21-9-16/h2-4,10H,5-9H2,1H3,(H,17,18). The van der Waals surface area contributed by atoms with Crippen LogP contribution in [0.3, 0.4) is 0 Å². The summed E-state index contributed by atoms with van der Waals surface area (Å²) in [5.74, 6) is 0.197. The number of carbonyl (C=O) groups excluding carboxylic acids is 1. The third-order valence-electron chi connectivity index (χ3n) is 4.81. The van der Waals surface area contributed by atoms with Gasteiger partial charge in [0.15, 0.2) is 5.58 Å². The van der Waals surface area contributed by atoms with Crippen molar-refractivity contribution in [3.05, 3.63) is 23.8 Å². The number of oxazole rings is 1. The Bertz CT molecular complexity index is 718. The van der Waals surface area contributed by atoms with Gasteiger partial charge in [-0.25, -0.2) is 4.79 Å². The Morgan fingerprint density at radius 2 is 2.45 bits per heavy atom. The zero-order valence-corrected chi connectivity index (χ0v) is 12.4. The number of nitrogens with one attached hydrogen (secondary N) is 1. The smallest absolute Gasteiger partial charge is 0.341 e. The number of hydrogen-bond donors (Lipinski definition) is 1. The van der Waals surface area contributed by atoms with E-state index in [1.54, 1.807) is 12.1 Å². The molecule has 1 N–H and O–H groups in total. The van der Waals surface area contributed by atoms with Gasteiger partial charge in [-0.05, 0) is 30.9 Å². The molecule has 0 amide bonds. The molecule has 2 aromatic rings. The molecule has 6 nitrogen and oxygen atoms in total. The number of rotatable bonds is 4. The lowest BCUT2D eigenvalue weighted by Crippen LogP contribution is -2.11. The Balaban J connectivity index is 1.50. The lowest BCUT2D eigenvalue weighted by molar-refractivity contribution is 0.0602. The fourth-order valence-electron chi connectivity index (χ4n) is 3.33. The van der Waals surface area contributed by atoms with Gasteiger partial charge < -0.3 is 19.2 Å². The number of methoxy groups -OCH3 is 1. The first kappa shape index (κ1) is 13.6. The van der Waals surface area contributed by atoms with Crippen LogP contribution in [0.2, 0.25) is 0 Å². The molecule has 0 radical (unpaired) electrons. The number of aromatic nitrogens is 1. The number of hydrogen-bond acceptors (Lipinski definition) is 6. The Kier molecular flexibility index (Phi) is 3.07. The van der Waals surface area contributed by atoms with E-state index in [0.717, 1.165) is 26.2 Å². The van der Waals surface area contributed by atoms with E-state index in [2.05, 4.69) is 10.3 Å². The third-order valence-corrected chi connectivity index (χ3v) is 4.81. The molecule has 1 aliphatic heterocycles. The average Bonchev–Trinajstić information content (AvgIpc) is 2.90. The molecule has 1 aromatic carbocycles. The molecule has 1 saturated heterocycles. The van der Waals surface area contributed by atoms with Gasteiger partial charge in [0.05, 0.1) is 13.7 Å². The van der Waals surface area contributed by atoms with Crippen molar-refractivity contribution in [2.75, 3.05) is 32.2 Å². The molecule has 2 unspecified atom stereocenters. The van der Waals surface area contributed by atoms with Gasteiger partial charge in [-0.2, -0.15) is 4.98 Å². The van der Waals surface area contributed by atoms with Crippen LogP contribution in [0.25, 0.3) is 11.1 Å². The van der Waals surface area contributed by atoms with Gasteiger partial charge in [-0.3, -0.25) is 0 Å². The van der Waals surface area contributed by atoms with Crippen molar-refractivity contribution in [3.63, 3.8) is 0 Å². The van der Waals surface area contributed by atoms with Crippen molar-refractivity contribution in [2.24, 2.45) is 11.3 Å².